The predicted octanol–water partition coefficient (Wildman–Crippen LogP) is 1.62. The average molecular weight is 300 g/mol. The van der Waals surface area contributed by atoms with Gasteiger partial charge in [0.2, 0.25) is 0 Å². The molecular weight excluding hydrogens is 276 g/mol. The third-order valence-corrected chi connectivity index (χ3v) is 4.86. The van der Waals surface area contributed by atoms with E-state index in [1.165, 1.54) is 6.92 Å². The lowest BCUT2D eigenvalue weighted by atomic mass is 9.67. The van der Waals surface area contributed by atoms with E-state index in [1.807, 2.05) is 0 Å². The first-order valence-electron chi connectivity index (χ1n) is 7.57. The molecule has 2 atom stereocenters. The molecule has 2 saturated heterocycles. The van der Waals surface area contributed by atoms with Crippen molar-refractivity contribution in [2.24, 2.45) is 11.3 Å². The second-order valence-corrected chi connectivity index (χ2v) is 6.06. The second-order valence-electron chi connectivity index (χ2n) is 6.06. The van der Waals surface area contributed by atoms with Gasteiger partial charge in [0.25, 0.3) is 0 Å². The van der Waals surface area contributed by atoms with Crippen molar-refractivity contribution in [2.75, 3.05) is 26.4 Å². The van der Waals surface area contributed by atoms with Crippen LogP contribution in [0.2, 0.25) is 0 Å². The summed E-state index contributed by atoms with van der Waals surface area (Å²) in [5.74, 6) is -2.04. The van der Waals surface area contributed by atoms with Crippen LogP contribution in [0.15, 0.2) is 0 Å². The molecule has 2 aliphatic heterocycles. The summed E-state index contributed by atoms with van der Waals surface area (Å²) < 4.78 is 16.3. The first-order valence-corrected chi connectivity index (χ1v) is 7.57. The van der Waals surface area contributed by atoms with Gasteiger partial charge in [-0.15, -0.1) is 0 Å². The van der Waals surface area contributed by atoms with Gasteiger partial charge in [-0.05, 0) is 45.4 Å². The lowest BCUT2D eigenvalue weighted by Gasteiger charge is -2.46. The van der Waals surface area contributed by atoms with Crippen LogP contribution in [0.3, 0.4) is 0 Å². The van der Waals surface area contributed by atoms with E-state index in [4.69, 9.17) is 14.2 Å². The van der Waals surface area contributed by atoms with E-state index in [1.54, 1.807) is 6.92 Å². The average Bonchev–Trinajstić information content (AvgIpc) is 2.47. The number of carbonyl (C=O) groups excluding carboxylic acids is 1. The fourth-order valence-electron chi connectivity index (χ4n) is 3.32. The molecule has 6 heteroatoms. The van der Waals surface area contributed by atoms with E-state index in [2.05, 4.69) is 0 Å². The van der Waals surface area contributed by atoms with Gasteiger partial charge in [0.15, 0.2) is 5.41 Å². The largest absolute Gasteiger partial charge is 0.480 e. The second kappa shape index (κ2) is 6.32. The van der Waals surface area contributed by atoms with Crippen molar-refractivity contribution in [1.82, 2.24) is 0 Å². The van der Waals surface area contributed by atoms with Crippen LogP contribution in [-0.2, 0) is 23.8 Å². The monoisotopic (exact) mass is 300 g/mol. The molecule has 2 aliphatic rings. The number of hydrogen-bond acceptors (Lipinski definition) is 5. The lowest BCUT2D eigenvalue weighted by molar-refractivity contribution is -0.187. The van der Waals surface area contributed by atoms with Gasteiger partial charge in [-0.2, -0.15) is 0 Å². The van der Waals surface area contributed by atoms with Crippen molar-refractivity contribution in [1.29, 1.82) is 0 Å². The van der Waals surface area contributed by atoms with Crippen LogP contribution >= 0.6 is 0 Å². The molecular formula is C15H24O6. The Balaban J connectivity index is 2.20. The van der Waals surface area contributed by atoms with Crippen LogP contribution in [0.5, 0.6) is 0 Å². The number of carboxylic acid groups (broad SMARTS) is 1. The maximum Gasteiger partial charge on any atom is 0.323 e. The Bertz CT molecular complexity index is 395. The van der Waals surface area contributed by atoms with Crippen LogP contribution in [0.1, 0.15) is 39.5 Å². The van der Waals surface area contributed by atoms with Gasteiger partial charge in [0.05, 0.1) is 12.2 Å². The Morgan fingerprint density at radius 2 is 2.00 bits per heavy atom. The molecule has 0 aliphatic carbocycles. The van der Waals surface area contributed by atoms with E-state index >= 15 is 0 Å². The molecule has 2 unspecified atom stereocenters. The highest BCUT2D eigenvalue weighted by molar-refractivity contribution is 5.99. The maximum atomic E-state index is 12.2. The fraction of sp³-hybridized carbons (Fsp3) is 0.867. The van der Waals surface area contributed by atoms with E-state index in [9.17, 15) is 14.7 Å². The zero-order chi connectivity index (χ0) is 15.5. The fourth-order valence-corrected chi connectivity index (χ4v) is 3.32. The van der Waals surface area contributed by atoms with Crippen LogP contribution < -0.4 is 0 Å². The summed E-state index contributed by atoms with van der Waals surface area (Å²) in [6.07, 6.45) is 2.63. The zero-order valence-corrected chi connectivity index (χ0v) is 12.7. The molecule has 1 N–H and O–H groups in total. The highest BCUT2D eigenvalue weighted by atomic mass is 16.5. The van der Waals surface area contributed by atoms with E-state index in [0.717, 1.165) is 12.8 Å². The van der Waals surface area contributed by atoms with Crippen molar-refractivity contribution in [3.8, 4) is 0 Å². The maximum absolute atomic E-state index is 12.2. The number of rotatable bonds is 4. The molecule has 120 valence electrons. The Kier molecular flexibility index (Phi) is 4.88. The van der Waals surface area contributed by atoms with E-state index in [0.29, 0.717) is 32.7 Å². The summed E-state index contributed by atoms with van der Waals surface area (Å²) in [6, 6.07) is 0. The summed E-state index contributed by atoms with van der Waals surface area (Å²) in [4.78, 5) is 24.0. The van der Waals surface area contributed by atoms with Gasteiger partial charge in [-0.3, -0.25) is 9.59 Å². The zero-order valence-electron chi connectivity index (χ0n) is 12.7. The van der Waals surface area contributed by atoms with Crippen molar-refractivity contribution in [3.05, 3.63) is 0 Å². The minimum Gasteiger partial charge on any atom is -0.480 e. The highest BCUT2D eigenvalue weighted by Crippen LogP contribution is 2.45. The molecule has 0 radical (unpaired) electrons. The van der Waals surface area contributed by atoms with Gasteiger partial charge >= 0.3 is 11.9 Å². The molecule has 2 heterocycles. The normalized spacial score (nSPS) is 27.8. The minimum absolute atomic E-state index is 0.184. The summed E-state index contributed by atoms with van der Waals surface area (Å²) in [5, 5.41) is 9.60. The standard InChI is InChI=1S/C15H24O6/c1-3-20-13(18)14(2,12(16)17)11-4-7-21-15(10-11)5-8-19-9-6-15/h11H,3-10H2,1-2H3,(H,16,17). The van der Waals surface area contributed by atoms with Crippen LogP contribution in [-0.4, -0.2) is 49.1 Å². The van der Waals surface area contributed by atoms with Crippen LogP contribution in [0.4, 0.5) is 0 Å². The predicted molar refractivity (Wildman–Crippen MR) is 73.8 cm³/mol. The quantitative estimate of drug-likeness (QED) is 0.627. The smallest absolute Gasteiger partial charge is 0.323 e. The molecule has 0 amide bonds. The number of ether oxygens (including phenoxy) is 3. The van der Waals surface area contributed by atoms with Gasteiger partial charge in [-0.25, -0.2) is 0 Å². The minimum atomic E-state index is -1.51. The number of aliphatic carboxylic acids is 1. The summed E-state index contributed by atoms with van der Waals surface area (Å²) >= 11 is 0. The Labute approximate surface area is 124 Å². The Hall–Kier alpha value is -1.14. The lowest BCUT2D eigenvalue weighted by Crippen LogP contribution is -2.52. The third-order valence-electron chi connectivity index (χ3n) is 4.86. The molecule has 0 aromatic heterocycles. The SMILES string of the molecule is CCOC(=O)C(C)(C(=O)O)C1CCOC2(CCOCC2)C1. The topological polar surface area (TPSA) is 82.1 Å². The Morgan fingerprint density at radius 3 is 2.57 bits per heavy atom. The van der Waals surface area contributed by atoms with Crippen LogP contribution in [0.25, 0.3) is 0 Å². The molecule has 0 saturated carbocycles. The van der Waals surface area contributed by atoms with E-state index in [-0.39, 0.29) is 18.1 Å². The third kappa shape index (κ3) is 3.06. The Morgan fingerprint density at radius 1 is 1.33 bits per heavy atom. The summed E-state index contributed by atoms with van der Waals surface area (Å²) in [5.41, 5.74) is -1.85. The molecule has 2 rings (SSSR count). The first-order chi connectivity index (χ1) is 9.94. The molecule has 0 aromatic carbocycles. The molecule has 1 spiro atoms. The van der Waals surface area contributed by atoms with E-state index < -0.39 is 17.4 Å². The van der Waals surface area contributed by atoms with Crippen molar-refractivity contribution in [3.63, 3.8) is 0 Å². The van der Waals surface area contributed by atoms with Crippen molar-refractivity contribution >= 4 is 11.9 Å². The van der Waals surface area contributed by atoms with Gasteiger partial charge in [0.1, 0.15) is 0 Å². The molecule has 0 aromatic rings. The summed E-state index contributed by atoms with van der Waals surface area (Å²) in [6.45, 7) is 5.07. The van der Waals surface area contributed by atoms with Gasteiger partial charge < -0.3 is 19.3 Å². The van der Waals surface area contributed by atoms with Crippen LogP contribution in [0, 0.1) is 11.3 Å². The molecule has 0 bridgehead atoms. The number of hydrogen-bond donors (Lipinski definition) is 1. The van der Waals surface area contributed by atoms with Gasteiger partial charge in [0, 0.05) is 19.8 Å². The number of carbonyl (C=O) groups is 2. The number of esters is 1. The van der Waals surface area contributed by atoms with Gasteiger partial charge in [-0.1, -0.05) is 0 Å². The molecule has 21 heavy (non-hydrogen) atoms. The molecule has 6 nitrogen and oxygen atoms in total. The molecule has 2 fully saturated rings. The van der Waals surface area contributed by atoms with Crippen molar-refractivity contribution in [2.45, 2.75) is 45.1 Å². The first kappa shape index (κ1) is 16.2. The number of carboxylic acids is 1. The highest BCUT2D eigenvalue weighted by Gasteiger charge is 2.54. The van der Waals surface area contributed by atoms with Crippen molar-refractivity contribution < 1.29 is 28.9 Å². The summed E-state index contributed by atoms with van der Waals surface area (Å²) in [7, 11) is 0.